The maximum Gasteiger partial charge on any atom is 0.116 e. The van der Waals surface area contributed by atoms with Crippen LogP contribution in [0, 0.1) is 13.8 Å². The fourth-order valence-electron chi connectivity index (χ4n) is 2.70. The highest BCUT2D eigenvalue weighted by atomic mass is 32.1. The third-order valence-corrected chi connectivity index (χ3v) is 4.97. The first-order chi connectivity index (χ1) is 7.57. The topological polar surface area (TPSA) is 48.1 Å². The van der Waals surface area contributed by atoms with Crippen molar-refractivity contribution in [1.29, 1.82) is 0 Å². The van der Waals surface area contributed by atoms with E-state index in [-0.39, 0.29) is 11.2 Å². The van der Waals surface area contributed by atoms with E-state index in [1.54, 1.807) is 11.3 Å². The van der Waals surface area contributed by atoms with E-state index in [0.717, 1.165) is 17.1 Å². The summed E-state index contributed by atoms with van der Waals surface area (Å²) in [6.07, 6.45) is 0.805. The molecule has 0 bridgehead atoms. The van der Waals surface area contributed by atoms with E-state index in [1.807, 2.05) is 6.92 Å². The Morgan fingerprint density at radius 2 is 1.82 bits per heavy atom. The average Bonchev–Trinajstić information content (AvgIpc) is 2.50. The van der Waals surface area contributed by atoms with Crippen molar-refractivity contribution in [1.82, 2.24) is 4.98 Å². The maximum atomic E-state index is 6.64. The van der Waals surface area contributed by atoms with Crippen LogP contribution in [0.5, 0.6) is 0 Å². The van der Waals surface area contributed by atoms with E-state index in [0.29, 0.717) is 0 Å². The van der Waals surface area contributed by atoms with E-state index in [1.165, 1.54) is 4.88 Å². The predicted molar refractivity (Wildman–Crippen MR) is 71.3 cm³/mol. The number of hydrogen-bond donors (Lipinski definition) is 1. The number of ether oxygens (including phenoxy) is 1. The quantitative estimate of drug-likeness (QED) is 0.838. The van der Waals surface area contributed by atoms with Crippen molar-refractivity contribution in [2.24, 2.45) is 5.73 Å². The molecule has 4 heteroatoms. The summed E-state index contributed by atoms with van der Waals surface area (Å²) in [6.45, 7) is 12.4. The maximum absolute atomic E-state index is 6.64. The van der Waals surface area contributed by atoms with Crippen LogP contribution in [0.25, 0.3) is 0 Å². The lowest BCUT2D eigenvalue weighted by atomic mass is 9.80. The highest BCUT2D eigenvalue weighted by molar-refractivity contribution is 7.11. The van der Waals surface area contributed by atoms with Gasteiger partial charge >= 0.3 is 0 Å². The first kappa shape index (κ1) is 13.0. The SMILES string of the molecule is Cc1nc(C2(N)CC(C)(C)OC2(C)C)sc1C. The molecule has 3 nitrogen and oxygen atoms in total. The lowest BCUT2D eigenvalue weighted by Crippen LogP contribution is -2.51. The molecule has 96 valence electrons. The number of aryl methyl sites for hydroxylation is 2. The second kappa shape index (κ2) is 3.53. The Kier molecular flexibility index (Phi) is 2.70. The molecule has 1 aromatic heterocycles. The molecule has 17 heavy (non-hydrogen) atoms. The number of hydrogen-bond acceptors (Lipinski definition) is 4. The summed E-state index contributed by atoms with van der Waals surface area (Å²) in [5.74, 6) is 0. The molecule has 2 heterocycles. The average molecular weight is 254 g/mol. The molecular formula is C13H22N2OS. The van der Waals surface area contributed by atoms with Gasteiger partial charge in [-0.15, -0.1) is 11.3 Å². The van der Waals surface area contributed by atoms with Crippen LogP contribution >= 0.6 is 11.3 Å². The Balaban J connectivity index is 2.49. The van der Waals surface area contributed by atoms with Crippen molar-refractivity contribution in [3.63, 3.8) is 0 Å². The van der Waals surface area contributed by atoms with Gasteiger partial charge in [0.15, 0.2) is 0 Å². The zero-order chi connectivity index (χ0) is 13.1. The number of thiazole rings is 1. The van der Waals surface area contributed by atoms with Gasteiger partial charge in [0.25, 0.3) is 0 Å². The first-order valence-corrected chi connectivity index (χ1v) is 6.83. The van der Waals surface area contributed by atoms with E-state index in [2.05, 4.69) is 39.6 Å². The van der Waals surface area contributed by atoms with E-state index < -0.39 is 5.54 Å². The Labute approximate surface area is 107 Å². The van der Waals surface area contributed by atoms with Gasteiger partial charge < -0.3 is 10.5 Å². The molecule has 0 aromatic carbocycles. The standard InChI is InChI=1S/C13H22N2OS/c1-8-9(2)17-10(15-8)13(14)7-11(3,4)16-12(13,5)6/h7,14H2,1-6H3. The van der Waals surface area contributed by atoms with Gasteiger partial charge in [0.05, 0.1) is 22.4 Å². The first-order valence-electron chi connectivity index (χ1n) is 6.01. The van der Waals surface area contributed by atoms with Crippen molar-refractivity contribution in [3.8, 4) is 0 Å². The molecule has 1 aliphatic rings. The van der Waals surface area contributed by atoms with E-state index in [9.17, 15) is 0 Å². The molecule has 0 spiro atoms. The molecule has 0 radical (unpaired) electrons. The number of aromatic nitrogens is 1. The summed E-state index contributed by atoms with van der Waals surface area (Å²) in [7, 11) is 0. The normalized spacial score (nSPS) is 30.8. The van der Waals surface area contributed by atoms with Gasteiger partial charge in [-0.25, -0.2) is 4.98 Å². The molecule has 0 saturated carbocycles. The Hall–Kier alpha value is -0.450. The minimum atomic E-state index is -0.486. The molecular weight excluding hydrogens is 232 g/mol. The Morgan fingerprint density at radius 1 is 1.24 bits per heavy atom. The van der Waals surface area contributed by atoms with Crippen LogP contribution in [0.2, 0.25) is 0 Å². The third kappa shape index (κ3) is 1.92. The largest absolute Gasteiger partial charge is 0.367 e. The van der Waals surface area contributed by atoms with Crippen molar-refractivity contribution >= 4 is 11.3 Å². The van der Waals surface area contributed by atoms with Gasteiger partial charge in [0.2, 0.25) is 0 Å². The fourth-order valence-corrected chi connectivity index (χ4v) is 3.86. The molecule has 0 aliphatic carbocycles. The summed E-state index contributed by atoms with van der Waals surface area (Å²) in [5, 5.41) is 1.00. The van der Waals surface area contributed by atoms with Crippen LogP contribution < -0.4 is 5.73 Å². The summed E-state index contributed by atoms with van der Waals surface area (Å²) in [5.41, 5.74) is 6.66. The molecule has 1 aromatic rings. The number of nitrogens with two attached hydrogens (primary N) is 1. The van der Waals surface area contributed by atoms with Crippen LogP contribution in [0.3, 0.4) is 0 Å². The number of rotatable bonds is 1. The fraction of sp³-hybridized carbons (Fsp3) is 0.769. The van der Waals surface area contributed by atoms with E-state index in [4.69, 9.17) is 10.5 Å². The van der Waals surface area contributed by atoms with Crippen LogP contribution in [0.1, 0.15) is 49.7 Å². The minimum Gasteiger partial charge on any atom is -0.367 e. The van der Waals surface area contributed by atoms with Crippen molar-refractivity contribution in [3.05, 3.63) is 15.6 Å². The zero-order valence-electron chi connectivity index (χ0n) is 11.5. The van der Waals surface area contributed by atoms with Crippen molar-refractivity contribution in [2.45, 2.75) is 64.7 Å². The van der Waals surface area contributed by atoms with Crippen LogP contribution in [0.15, 0.2) is 0 Å². The monoisotopic (exact) mass is 254 g/mol. The Bertz CT molecular complexity index is 431. The highest BCUT2D eigenvalue weighted by Crippen LogP contribution is 2.50. The molecule has 1 saturated heterocycles. The highest BCUT2D eigenvalue weighted by Gasteiger charge is 2.57. The molecule has 2 rings (SSSR count). The van der Waals surface area contributed by atoms with Crippen LogP contribution in [0.4, 0.5) is 0 Å². The van der Waals surface area contributed by atoms with Gasteiger partial charge in [-0.05, 0) is 41.5 Å². The van der Waals surface area contributed by atoms with Crippen molar-refractivity contribution in [2.75, 3.05) is 0 Å². The third-order valence-electron chi connectivity index (χ3n) is 3.72. The zero-order valence-corrected chi connectivity index (χ0v) is 12.4. The summed E-state index contributed by atoms with van der Waals surface area (Å²) in [6, 6.07) is 0. The molecule has 1 unspecified atom stereocenters. The second-order valence-corrected chi connectivity index (χ2v) is 7.38. The van der Waals surface area contributed by atoms with Gasteiger partial charge in [-0.1, -0.05) is 0 Å². The lowest BCUT2D eigenvalue weighted by Gasteiger charge is -2.34. The van der Waals surface area contributed by atoms with Gasteiger partial charge in [0.1, 0.15) is 5.01 Å². The van der Waals surface area contributed by atoms with Gasteiger partial charge in [-0.2, -0.15) is 0 Å². The second-order valence-electron chi connectivity index (χ2n) is 6.18. The summed E-state index contributed by atoms with van der Waals surface area (Å²) in [4.78, 5) is 5.88. The van der Waals surface area contributed by atoms with Gasteiger partial charge in [0, 0.05) is 11.3 Å². The van der Waals surface area contributed by atoms with Crippen LogP contribution in [-0.2, 0) is 10.3 Å². The smallest absolute Gasteiger partial charge is 0.116 e. The minimum absolute atomic E-state index is 0.189. The van der Waals surface area contributed by atoms with Crippen LogP contribution in [-0.4, -0.2) is 16.2 Å². The molecule has 2 N–H and O–H groups in total. The summed E-state index contributed by atoms with van der Waals surface area (Å²) < 4.78 is 6.10. The molecule has 1 aliphatic heterocycles. The lowest BCUT2D eigenvalue weighted by molar-refractivity contribution is -0.0795. The molecule has 0 amide bonds. The van der Waals surface area contributed by atoms with E-state index >= 15 is 0 Å². The predicted octanol–water partition coefficient (Wildman–Crippen LogP) is 2.89. The van der Waals surface area contributed by atoms with Gasteiger partial charge in [-0.3, -0.25) is 0 Å². The summed E-state index contributed by atoms with van der Waals surface area (Å²) >= 11 is 1.70. The Morgan fingerprint density at radius 3 is 2.18 bits per heavy atom. The molecule has 1 atom stereocenters. The molecule has 1 fully saturated rings. The number of nitrogens with zero attached hydrogens (tertiary/aromatic N) is 1. The van der Waals surface area contributed by atoms with Crippen molar-refractivity contribution < 1.29 is 4.74 Å².